The first-order valence-corrected chi connectivity index (χ1v) is 4.44. The molecule has 3 N–H and O–H groups in total. The Hall–Kier alpha value is -1.13. The minimum absolute atomic E-state index is 0.0407. The summed E-state index contributed by atoms with van der Waals surface area (Å²) in [4.78, 5) is 0. The van der Waals surface area contributed by atoms with Gasteiger partial charge in [-0.25, -0.2) is 0 Å². The van der Waals surface area contributed by atoms with Crippen LogP contribution in [0.1, 0.15) is 0 Å². The van der Waals surface area contributed by atoms with Crippen LogP contribution in [0.2, 0.25) is 10.0 Å². The van der Waals surface area contributed by atoms with Crippen LogP contribution in [0.4, 0.5) is 0 Å². The van der Waals surface area contributed by atoms with E-state index in [-0.39, 0.29) is 12.4 Å². The fraction of sp³-hybridized carbons (Fsp3) is 0.125. The summed E-state index contributed by atoms with van der Waals surface area (Å²) in [7, 11) is 0. The highest BCUT2D eigenvalue weighted by Gasteiger charge is 2.05. The van der Waals surface area contributed by atoms with Gasteiger partial charge in [-0.2, -0.15) is 0 Å². The van der Waals surface area contributed by atoms with Crippen molar-refractivity contribution in [2.45, 2.75) is 0 Å². The lowest BCUT2D eigenvalue weighted by molar-refractivity contribution is 0.306. The van der Waals surface area contributed by atoms with E-state index in [2.05, 4.69) is 5.16 Å². The van der Waals surface area contributed by atoms with E-state index in [1.54, 1.807) is 18.2 Å². The highest BCUT2D eigenvalue weighted by molar-refractivity contribution is 6.42. The molecule has 0 amide bonds. The first kappa shape index (κ1) is 10.9. The molecule has 0 aliphatic heterocycles. The molecule has 0 aliphatic carbocycles. The Morgan fingerprint density at radius 3 is 2.86 bits per heavy atom. The molecule has 1 aromatic rings. The number of nitrogens with two attached hydrogens (primary N) is 1. The zero-order valence-electron chi connectivity index (χ0n) is 7.08. The van der Waals surface area contributed by atoms with Crippen molar-refractivity contribution in [1.82, 2.24) is 0 Å². The second-order valence-corrected chi connectivity index (χ2v) is 3.22. The highest BCUT2D eigenvalue weighted by atomic mass is 35.5. The smallest absolute Gasteiger partial charge is 0.177 e. The fourth-order valence-electron chi connectivity index (χ4n) is 0.776. The van der Waals surface area contributed by atoms with Gasteiger partial charge in [0, 0.05) is 0 Å². The van der Waals surface area contributed by atoms with Gasteiger partial charge in [0.2, 0.25) is 0 Å². The lowest BCUT2D eigenvalue weighted by Crippen LogP contribution is -2.20. The summed E-state index contributed by atoms with van der Waals surface area (Å²) in [5.41, 5.74) is 5.21. The van der Waals surface area contributed by atoms with Crippen LogP contribution in [0.3, 0.4) is 0 Å². The van der Waals surface area contributed by atoms with Crippen molar-refractivity contribution < 1.29 is 9.94 Å². The summed E-state index contributed by atoms with van der Waals surface area (Å²) in [6.07, 6.45) is 0. The number of amidine groups is 1. The summed E-state index contributed by atoms with van der Waals surface area (Å²) in [5, 5.41) is 11.7. The van der Waals surface area contributed by atoms with Crippen LogP contribution in [0.5, 0.6) is 5.75 Å². The van der Waals surface area contributed by atoms with Gasteiger partial charge in [0.15, 0.2) is 5.84 Å². The van der Waals surface area contributed by atoms with Gasteiger partial charge < -0.3 is 15.7 Å². The molecule has 4 nitrogen and oxygen atoms in total. The summed E-state index contributed by atoms with van der Waals surface area (Å²) >= 11 is 11.6. The maximum absolute atomic E-state index is 8.26. The lowest BCUT2D eigenvalue weighted by Gasteiger charge is -2.07. The van der Waals surface area contributed by atoms with Crippen molar-refractivity contribution in [2.75, 3.05) is 6.61 Å². The van der Waals surface area contributed by atoms with Gasteiger partial charge in [-0.05, 0) is 12.1 Å². The van der Waals surface area contributed by atoms with Crippen molar-refractivity contribution in [3.05, 3.63) is 28.2 Å². The predicted molar refractivity (Wildman–Crippen MR) is 55.4 cm³/mol. The van der Waals surface area contributed by atoms with Gasteiger partial charge in [0.25, 0.3) is 0 Å². The van der Waals surface area contributed by atoms with E-state index < -0.39 is 0 Å². The van der Waals surface area contributed by atoms with Crippen molar-refractivity contribution in [3.8, 4) is 5.75 Å². The van der Waals surface area contributed by atoms with Crippen LogP contribution >= 0.6 is 23.2 Å². The Bertz CT molecular complexity index is 355. The van der Waals surface area contributed by atoms with Gasteiger partial charge in [-0.15, -0.1) is 0 Å². The first-order valence-electron chi connectivity index (χ1n) is 3.68. The van der Waals surface area contributed by atoms with Crippen LogP contribution in [-0.4, -0.2) is 17.6 Å². The van der Waals surface area contributed by atoms with E-state index >= 15 is 0 Å². The summed E-state index contributed by atoms with van der Waals surface area (Å²) in [5.74, 6) is 0.354. The molecule has 0 fully saturated rings. The average molecular weight is 235 g/mol. The minimum atomic E-state index is -0.0451. The van der Waals surface area contributed by atoms with Crippen molar-refractivity contribution >= 4 is 29.0 Å². The monoisotopic (exact) mass is 234 g/mol. The van der Waals surface area contributed by atoms with Gasteiger partial charge >= 0.3 is 0 Å². The van der Waals surface area contributed by atoms with Gasteiger partial charge in [0.05, 0.1) is 5.02 Å². The van der Waals surface area contributed by atoms with Gasteiger partial charge in [-0.3, -0.25) is 0 Å². The quantitative estimate of drug-likeness (QED) is 0.365. The number of hydrogen-bond acceptors (Lipinski definition) is 3. The Kier molecular flexibility index (Phi) is 3.85. The van der Waals surface area contributed by atoms with Crippen LogP contribution in [0, 0.1) is 0 Å². The zero-order chi connectivity index (χ0) is 10.6. The molecular weight excluding hydrogens is 227 g/mol. The Labute approximate surface area is 90.9 Å². The average Bonchev–Trinajstić information content (AvgIpc) is 2.20. The van der Waals surface area contributed by atoms with Crippen LogP contribution in [-0.2, 0) is 0 Å². The van der Waals surface area contributed by atoms with E-state index in [9.17, 15) is 0 Å². The first-order chi connectivity index (χ1) is 6.65. The summed E-state index contributed by atoms with van der Waals surface area (Å²) in [6.45, 7) is -0.0451. The molecular formula is C8H8Cl2N2O2. The SMILES string of the molecule is N/C(COc1cccc(Cl)c1Cl)=N\O. The number of hydrogen-bond donors (Lipinski definition) is 2. The number of nitrogens with zero attached hydrogens (tertiary/aromatic N) is 1. The molecule has 0 aliphatic rings. The molecule has 0 heterocycles. The Morgan fingerprint density at radius 1 is 1.50 bits per heavy atom. The van der Waals surface area contributed by atoms with Gasteiger partial charge in [0.1, 0.15) is 17.4 Å². The third-order valence-electron chi connectivity index (χ3n) is 1.42. The normalized spacial score (nSPS) is 11.4. The number of rotatable bonds is 3. The largest absolute Gasteiger partial charge is 0.484 e. The van der Waals surface area contributed by atoms with E-state index in [1.165, 1.54) is 0 Å². The van der Waals surface area contributed by atoms with E-state index in [4.69, 9.17) is 38.9 Å². The summed E-state index contributed by atoms with van der Waals surface area (Å²) in [6, 6.07) is 4.97. The van der Waals surface area contributed by atoms with Crippen LogP contribution in [0.25, 0.3) is 0 Å². The molecule has 1 rings (SSSR count). The third-order valence-corrected chi connectivity index (χ3v) is 2.22. The topological polar surface area (TPSA) is 67.8 Å². The van der Waals surface area contributed by atoms with E-state index in [1.807, 2.05) is 0 Å². The standard InChI is InChI=1S/C8H8Cl2N2O2/c9-5-2-1-3-6(8(5)10)14-4-7(11)12-13/h1-3,13H,4H2,(H2,11,12). The Balaban J connectivity index is 2.73. The van der Waals surface area contributed by atoms with Crippen LogP contribution < -0.4 is 10.5 Å². The number of benzene rings is 1. The second kappa shape index (κ2) is 4.93. The van der Waals surface area contributed by atoms with Crippen molar-refractivity contribution in [1.29, 1.82) is 0 Å². The molecule has 76 valence electrons. The molecule has 0 spiro atoms. The maximum Gasteiger partial charge on any atom is 0.177 e. The number of halogens is 2. The second-order valence-electron chi connectivity index (χ2n) is 2.43. The maximum atomic E-state index is 8.26. The van der Waals surface area contributed by atoms with Crippen molar-refractivity contribution in [2.24, 2.45) is 10.9 Å². The molecule has 0 aromatic heterocycles. The molecule has 1 aromatic carbocycles. The Morgan fingerprint density at radius 2 is 2.21 bits per heavy atom. The van der Waals surface area contributed by atoms with Crippen molar-refractivity contribution in [3.63, 3.8) is 0 Å². The molecule has 0 unspecified atom stereocenters. The molecule has 0 bridgehead atoms. The number of ether oxygens (including phenoxy) is 1. The van der Waals surface area contributed by atoms with Crippen LogP contribution in [0.15, 0.2) is 23.4 Å². The molecule has 0 saturated heterocycles. The van der Waals surface area contributed by atoms with E-state index in [0.717, 1.165) is 0 Å². The molecule has 14 heavy (non-hydrogen) atoms. The fourth-order valence-corrected chi connectivity index (χ4v) is 1.12. The third kappa shape index (κ3) is 2.68. The lowest BCUT2D eigenvalue weighted by atomic mass is 10.3. The molecule has 0 radical (unpaired) electrons. The zero-order valence-corrected chi connectivity index (χ0v) is 8.59. The number of oxime groups is 1. The highest BCUT2D eigenvalue weighted by Crippen LogP contribution is 2.31. The molecule has 6 heteroatoms. The predicted octanol–water partition coefficient (Wildman–Crippen LogP) is 2.12. The van der Waals surface area contributed by atoms with E-state index in [0.29, 0.717) is 15.8 Å². The van der Waals surface area contributed by atoms with Gasteiger partial charge in [-0.1, -0.05) is 34.4 Å². The summed E-state index contributed by atoms with van der Waals surface area (Å²) < 4.78 is 5.14. The molecule has 0 saturated carbocycles. The molecule has 0 atom stereocenters. The minimum Gasteiger partial charge on any atom is -0.484 e.